The zero-order chi connectivity index (χ0) is 8.72. The maximum absolute atomic E-state index is 4.26. The molecule has 0 saturated heterocycles. The Hall–Kier alpha value is -1.51. The van der Waals surface area contributed by atoms with Gasteiger partial charge in [0.2, 0.25) is 0 Å². The second-order valence-electron chi connectivity index (χ2n) is 2.88. The quantitative estimate of drug-likeness (QED) is 0.574. The van der Waals surface area contributed by atoms with Crippen LogP contribution in [0, 0.1) is 0 Å². The van der Waals surface area contributed by atoms with Gasteiger partial charge in [0.05, 0.1) is 5.69 Å². The number of pyridine rings is 1. The molecule has 0 fully saturated rings. The molecule has 0 aliphatic carbocycles. The normalized spacial score (nSPS) is 15.3. The van der Waals surface area contributed by atoms with E-state index in [2.05, 4.69) is 11.6 Å². The van der Waals surface area contributed by atoms with Crippen LogP contribution in [0.25, 0.3) is 0 Å². The third-order valence-corrected chi connectivity index (χ3v) is 2.22. The SMILES string of the molecule is C=C1N(C)c2cccnc2N1C. The molecule has 1 aromatic rings. The Morgan fingerprint density at radius 2 is 2.08 bits per heavy atom. The molecule has 1 aromatic heterocycles. The lowest BCUT2D eigenvalue weighted by molar-refractivity contribution is 1.04. The molecule has 0 N–H and O–H groups in total. The molecule has 0 radical (unpaired) electrons. The van der Waals surface area contributed by atoms with E-state index in [1.54, 1.807) is 6.20 Å². The van der Waals surface area contributed by atoms with Crippen LogP contribution in [0.2, 0.25) is 0 Å². The molecule has 2 rings (SSSR count). The lowest BCUT2D eigenvalue weighted by Gasteiger charge is -2.15. The van der Waals surface area contributed by atoms with E-state index in [-0.39, 0.29) is 0 Å². The summed E-state index contributed by atoms with van der Waals surface area (Å²) in [4.78, 5) is 8.28. The fourth-order valence-electron chi connectivity index (χ4n) is 1.39. The maximum atomic E-state index is 4.26. The highest BCUT2D eigenvalue weighted by Gasteiger charge is 2.24. The molecule has 0 unspecified atom stereocenters. The minimum atomic E-state index is 0.962. The summed E-state index contributed by atoms with van der Waals surface area (Å²) in [6.07, 6.45) is 1.79. The highest BCUT2D eigenvalue weighted by molar-refractivity contribution is 5.77. The van der Waals surface area contributed by atoms with Crippen LogP contribution >= 0.6 is 0 Å². The number of hydrogen-bond acceptors (Lipinski definition) is 3. The van der Waals surface area contributed by atoms with Gasteiger partial charge in [-0.05, 0) is 12.1 Å². The van der Waals surface area contributed by atoms with Crippen molar-refractivity contribution < 1.29 is 0 Å². The van der Waals surface area contributed by atoms with E-state index in [0.717, 1.165) is 17.3 Å². The van der Waals surface area contributed by atoms with Crippen molar-refractivity contribution in [3.63, 3.8) is 0 Å². The van der Waals surface area contributed by atoms with Gasteiger partial charge < -0.3 is 9.80 Å². The number of nitrogens with zero attached hydrogens (tertiary/aromatic N) is 3. The minimum Gasteiger partial charge on any atom is -0.328 e. The average molecular weight is 161 g/mol. The van der Waals surface area contributed by atoms with Gasteiger partial charge >= 0.3 is 0 Å². The van der Waals surface area contributed by atoms with Crippen LogP contribution in [0.5, 0.6) is 0 Å². The molecule has 3 heteroatoms. The molecular weight excluding hydrogens is 150 g/mol. The zero-order valence-electron chi connectivity index (χ0n) is 7.28. The molecule has 0 amide bonds. The van der Waals surface area contributed by atoms with Crippen molar-refractivity contribution in [2.24, 2.45) is 0 Å². The Balaban J connectivity index is 2.59. The first-order chi connectivity index (χ1) is 5.72. The highest BCUT2D eigenvalue weighted by Crippen LogP contribution is 2.35. The van der Waals surface area contributed by atoms with Crippen molar-refractivity contribution in [3.05, 3.63) is 30.7 Å². The molecule has 0 atom stereocenters. The third kappa shape index (κ3) is 0.733. The van der Waals surface area contributed by atoms with Crippen LogP contribution in [0.4, 0.5) is 11.5 Å². The molecule has 1 aliphatic heterocycles. The Morgan fingerprint density at radius 3 is 2.75 bits per heavy atom. The van der Waals surface area contributed by atoms with E-state index in [9.17, 15) is 0 Å². The van der Waals surface area contributed by atoms with Gasteiger partial charge in [-0.2, -0.15) is 0 Å². The maximum Gasteiger partial charge on any atom is 0.157 e. The van der Waals surface area contributed by atoms with Crippen LogP contribution in [0.1, 0.15) is 0 Å². The molecule has 3 nitrogen and oxygen atoms in total. The standard InChI is InChI=1S/C9H11N3/c1-7-11(2)8-5-4-6-10-9(8)12(7)3/h4-6H,1H2,2-3H3. The molecular formula is C9H11N3. The molecule has 0 bridgehead atoms. The molecule has 0 aromatic carbocycles. The number of hydrogen-bond donors (Lipinski definition) is 0. The van der Waals surface area contributed by atoms with Crippen molar-refractivity contribution in [1.29, 1.82) is 0 Å². The first kappa shape index (κ1) is 7.16. The second kappa shape index (κ2) is 2.24. The van der Waals surface area contributed by atoms with Gasteiger partial charge in [0, 0.05) is 20.3 Å². The van der Waals surface area contributed by atoms with E-state index in [1.165, 1.54) is 0 Å². The van der Waals surface area contributed by atoms with E-state index in [1.807, 2.05) is 36.0 Å². The first-order valence-electron chi connectivity index (χ1n) is 3.83. The summed E-state index contributed by atoms with van der Waals surface area (Å²) in [5, 5.41) is 0. The molecule has 2 heterocycles. The fraction of sp³-hybridized carbons (Fsp3) is 0.222. The van der Waals surface area contributed by atoms with Gasteiger partial charge in [0.25, 0.3) is 0 Å². The minimum absolute atomic E-state index is 0.962. The number of aromatic nitrogens is 1. The largest absolute Gasteiger partial charge is 0.328 e. The van der Waals surface area contributed by atoms with Crippen molar-refractivity contribution in [1.82, 2.24) is 4.98 Å². The Bertz CT molecular complexity index is 301. The molecule has 12 heavy (non-hydrogen) atoms. The first-order valence-corrected chi connectivity index (χ1v) is 3.83. The van der Waals surface area contributed by atoms with Gasteiger partial charge in [0.1, 0.15) is 5.82 Å². The van der Waals surface area contributed by atoms with E-state index < -0.39 is 0 Å². The lowest BCUT2D eigenvalue weighted by atomic mass is 10.4. The predicted molar refractivity (Wildman–Crippen MR) is 50.2 cm³/mol. The summed E-state index contributed by atoms with van der Waals surface area (Å²) < 4.78 is 0. The summed E-state index contributed by atoms with van der Waals surface area (Å²) in [5.74, 6) is 1.94. The van der Waals surface area contributed by atoms with Crippen molar-refractivity contribution in [2.45, 2.75) is 0 Å². The summed E-state index contributed by atoms with van der Waals surface area (Å²) in [6.45, 7) is 3.94. The van der Waals surface area contributed by atoms with Crippen molar-refractivity contribution >= 4 is 11.5 Å². The van der Waals surface area contributed by atoms with Crippen LogP contribution in [-0.2, 0) is 0 Å². The fourth-order valence-corrected chi connectivity index (χ4v) is 1.39. The van der Waals surface area contributed by atoms with Crippen molar-refractivity contribution in [2.75, 3.05) is 23.9 Å². The summed E-state index contributed by atoms with van der Waals surface area (Å²) >= 11 is 0. The Labute approximate surface area is 71.9 Å². The van der Waals surface area contributed by atoms with Gasteiger partial charge in [0.15, 0.2) is 5.82 Å². The average Bonchev–Trinajstić information content (AvgIpc) is 2.33. The Kier molecular flexibility index (Phi) is 1.33. The number of fused-ring (bicyclic) bond motifs is 1. The van der Waals surface area contributed by atoms with E-state index in [4.69, 9.17) is 0 Å². The molecule has 1 aliphatic rings. The zero-order valence-corrected chi connectivity index (χ0v) is 7.28. The monoisotopic (exact) mass is 161 g/mol. The van der Waals surface area contributed by atoms with Crippen LogP contribution in [0.15, 0.2) is 30.7 Å². The summed E-state index contributed by atoms with van der Waals surface area (Å²) in [5.41, 5.74) is 1.12. The van der Waals surface area contributed by atoms with Crippen LogP contribution in [-0.4, -0.2) is 19.1 Å². The topological polar surface area (TPSA) is 19.4 Å². The van der Waals surface area contributed by atoms with Crippen LogP contribution in [0.3, 0.4) is 0 Å². The van der Waals surface area contributed by atoms with Gasteiger partial charge in [-0.25, -0.2) is 4.98 Å². The van der Waals surface area contributed by atoms with Gasteiger partial charge in [-0.1, -0.05) is 6.58 Å². The Morgan fingerprint density at radius 1 is 1.33 bits per heavy atom. The number of anilines is 2. The summed E-state index contributed by atoms with van der Waals surface area (Å²) in [7, 11) is 3.96. The van der Waals surface area contributed by atoms with E-state index in [0.29, 0.717) is 0 Å². The molecule has 0 saturated carbocycles. The van der Waals surface area contributed by atoms with Crippen LogP contribution < -0.4 is 9.80 Å². The predicted octanol–water partition coefficient (Wildman–Crippen LogP) is 1.44. The highest BCUT2D eigenvalue weighted by atomic mass is 15.4. The molecule has 62 valence electrons. The van der Waals surface area contributed by atoms with Gasteiger partial charge in [-0.15, -0.1) is 0 Å². The van der Waals surface area contributed by atoms with Crippen molar-refractivity contribution in [3.8, 4) is 0 Å². The third-order valence-electron chi connectivity index (χ3n) is 2.22. The van der Waals surface area contributed by atoms with Gasteiger partial charge in [-0.3, -0.25) is 0 Å². The smallest absolute Gasteiger partial charge is 0.157 e. The van der Waals surface area contributed by atoms with E-state index >= 15 is 0 Å². The summed E-state index contributed by atoms with van der Waals surface area (Å²) in [6, 6.07) is 3.97. The lowest BCUT2D eigenvalue weighted by Crippen LogP contribution is -2.20. The second-order valence-corrected chi connectivity index (χ2v) is 2.88. The number of rotatable bonds is 0. The molecule has 0 spiro atoms.